The highest BCUT2D eigenvalue weighted by Crippen LogP contribution is 2.12. The van der Waals surface area contributed by atoms with Gasteiger partial charge in [0.2, 0.25) is 5.78 Å². The first-order valence-corrected chi connectivity index (χ1v) is 8.20. The van der Waals surface area contributed by atoms with Gasteiger partial charge >= 0.3 is 11.7 Å². The highest BCUT2D eigenvalue weighted by Gasteiger charge is 2.21. The van der Waals surface area contributed by atoms with Crippen molar-refractivity contribution < 1.29 is 14.3 Å². The molecule has 0 amide bonds. The maximum absolute atomic E-state index is 12.2. The molecule has 136 valence electrons. The minimum Gasteiger partial charge on any atom is -0.454 e. The number of nitrogens with zero attached hydrogens (tertiary/aromatic N) is 2. The van der Waals surface area contributed by atoms with Crippen molar-refractivity contribution in [3.8, 4) is 0 Å². The number of benzene rings is 1. The predicted molar refractivity (Wildman–Crippen MR) is 99.8 cm³/mol. The summed E-state index contributed by atoms with van der Waals surface area (Å²) in [7, 11) is 2.56. The largest absolute Gasteiger partial charge is 0.454 e. The SMILES string of the molecule is Cn1c(N)c(C(=O)COC(=O)/C=C/c2cccc(Br)c2)c(=O)n(C)c1=O. The summed E-state index contributed by atoms with van der Waals surface area (Å²) in [6, 6.07) is 7.22. The Morgan fingerprint density at radius 3 is 2.58 bits per heavy atom. The quantitative estimate of drug-likeness (QED) is 0.435. The van der Waals surface area contributed by atoms with Crippen LogP contribution in [0.15, 0.2) is 44.4 Å². The Bertz CT molecular complexity index is 1020. The summed E-state index contributed by atoms with van der Waals surface area (Å²) in [6.07, 6.45) is 2.69. The van der Waals surface area contributed by atoms with E-state index in [-0.39, 0.29) is 5.82 Å². The fraction of sp³-hybridized carbons (Fsp3) is 0.176. The van der Waals surface area contributed by atoms with E-state index in [4.69, 9.17) is 10.5 Å². The lowest BCUT2D eigenvalue weighted by Crippen LogP contribution is -2.42. The summed E-state index contributed by atoms with van der Waals surface area (Å²) in [6.45, 7) is -0.667. The summed E-state index contributed by atoms with van der Waals surface area (Å²) < 4.78 is 7.44. The van der Waals surface area contributed by atoms with E-state index in [1.54, 1.807) is 18.2 Å². The molecule has 8 nitrogen and oxygen atoms in total. The van der Waals surface area contributed by atoms with Crippen LogP contribution < -0.4 is 17.0 Å². The average Bonchev–Trinajstić information content (AvgIpc) is 2.61. The van der Waals surface area contributed by atoms with Crippen molar-refractivity contribution >= 4 is 39.6 Å². The van der Waals surface area contributed by atoms with Crippen LogP contribution >= 0.6 is 15.9 Å². The number of Topliss-reactive ketones (excluding diaryl/α,β-unsaturated/α-hetero) is 1. The highest BCUT2D eigenvalue weighted by molar-refractivity contribution is 9.10. The highest BCUT2D eigenvalue weighted by atomic mass is 79.9. The Morgan fingerprint density at radius 1 is 1.23 bits per heavy atom. The van der Waals surface area contributed by atoms with Crippen LogP contribution in [0.25, 0.3) is 6.08 Å². The number of anilines is 1. The van der Waals surface area contributed by atoms with Gasteiger partial charge in [0, 0.05) is 24.6 Å². The number of esters is 1. The number of hydrogen-bond acceptors (Lipinski definition) is 6. The zero-order chi connectivity index (χ0) is 19.4. The Morgan fingerprint density at radius 2 is 1.92 bits per heavy atom. The molecule has 9 heteroatoms. The summed E-state index contributed by atoms with van der Waals surface area (Å²) in [5, 5.41) is 0. The van der Waals surface area contributed by atoms with Gasteiger partial charge in [0.05, 0.1) is 0 Å². The average molecular weight is 422 g/mol. The van der Waals surface area contributed by atoms with E-state index in [0.29, 0.717) is 0 Å². The zero-order valence-corrected chi connectivity index (χ0v) is 15.6. The molecule has 2 N–H and O–H groups in total. The first-order chi connectivity index (χ1) is 12.2. The fourth-order valence-corrected chi connectivity index (χ4v) is 2.57. The Balaban J connectivity index is 2.11. The molecule has 1 aromatic carbocycles. The molecule has 0 aliphatic rings. The lowest BCUT2D eigenvalue weighted by Gasteiger charge is -2.10. The van der Waals surface area contributed by atoms with Crippen LogP contribution in [-0.4, -0.2) is 27.5 Å². The number of ketones is 1. The van der Waals surface area contributed by atoms with Crippen LogP contribution in [-0.2, 0) is 23.6 Å². The molecule has 1 aromatic heterocycles. The standard InChI is InChI=1S/C17H16BrN3O5/c1-20-15(19)14(16(24)21(2)17(20)25)12(22)9-26-13(23)7-6-10-4-3-5-11(18)8-10/h3-8H,9,19H2,1-2H3/b7-6+. The molecule has 2 aromatic rings. The van der Waals surface area contributed by atoms with Gasteiger partial charge in [-0.05, 0) is 23.8 Å². The van der Waals surface area contributed by atoms with Crippen molar-refractivity contribution in [3.05, 3.63) is 66.8 Å². The van der Waals surface area contributed by atoms with E-state index >= 15 is 0 Å². The van der Waals surface area contributed by atoms with Crippen molar-refractivity contribution in [2.75, 3.05) is 12.3 Å². The lowest BCUT2D eigenvalue weighted by atomic mass is 10.2. The minimum absolute atomic E-state index is 0.274. The third-order valence-corrected chi connectivity index (χ3v) is 4.09. The molecule has 0 fully saturated rings. The number of carbonyl (C=O) groups excluding carboxylic acids is 2. The normalized spacial score (nSPS) is 10.9. The summed E-state index contributed by atoms with van der Waals surface area (Å²) in [5.41, 5.74) is 4.56. The Hall–Kier alpha value is -2.94. The van der Waals surface area contributed by atoms with E-state index < -0.39 is 35.2 Å². The van der Waals surface area contributed by atoms with Crippen LogP contribution in [0.2, 0.25) is 0 Å². The van der Waals surface area contributed by atoms with Crippen LogP contribution in [0, 0.1) is 0 Å². The summed E-state index contributed by atoms with van der Waals surface area (Å²) in [4.78, 5) is 47.8. The number of aromatic nitrogens is 2. The topological polar surface area (TPSA) is 113 Å². The van der Waals surface area contributed by atoms with E-state index in [0.717, 1.165) is 25.2 Å². The van der Waals surface area contributed by atoms with Gasteiger partial charge in [-0.2, -0.15) is 0 Å². The van der Waals surface area contributed by atoms with Crippen molar-refractivity contribution in [1.82, 2.24) is 9.13 Å². The minimum atomic E-state index is -0.837. The predicted octanol–water partition coefficient (Wildman–Crippen LogP) is 0.868. The van der Waals surface area contributed by atoms with Crippen LogP contribution in [0.5, 0.6) is 0 Å². The number of halogens is 1. The summed E-state index contributed by atoms with van der Waals surface area (Å²) in [5.74, 6) is -1.81. The van der Waals surface area contributed by atoms with Crippen molar-refractivity contribution in [2.45, 2.75) is 0 Å². The molecule has 0 atom stereocenters. The smallest absolute Gasteiger partial charge is 0.332 e. The van der Waals surface area contributed by atoms with Crippen molar-refractivity contribution in [1.29, 1.82) is 0 Å². The van der Waals surface area contributed by atoms with E-state index in [9.17, 15) is 19.2 Å². The number of nitrogen functional groups attached to an aromatic ring is 1. The van der Waals surface area contributed by atoms with Gasteiger partial charge in [0.1, 0.15) is 11.4 Å². The van der Waals surface area contributed by atoms with Crippen molar-refractivity contribution in [3.63, 3.8) is 0 Å². The van der Waals surface area contributed by atoms with Crippen LogP contribution in [0.1, 0.15) is 15.9 Å². The monoisotopic (exact) mass is 421 g/mol. The number of hydrogen-bond donors (Lipinski definition) is 1. The first-order valence-electron chi connectivity index (χ1n) is 7.41. The second kappa shape index (κ2) is 7.96. The molecule has 0 unspecified atom stereocenters. The van der Waals surface area contributed by atoms with Gasteiger partial charge < -0.3 is 10.5 Å². The van der Waals surface area contributed by atoms with Gasteiger partial charge in [0.15, 0.2) is 6.61 Å². The van der Waals surface area contributed by atoms with Gasteiger partial charge in [-0.25, -0.2) is 9.59 Å². The second-order valence-electron chi connectivity index (χ2n) is 5.39. The van der Waals surface area contributed by atoms with E-state index in [2.05, 4.69) is 15.9 Å². The molecule has 1 heterocycles. The molecule has 0 spiro atoms. The second-order valence-corrected chi connectivity index (χ2v) is 6.30. The maximum atomic E-state index is 12.2. The van der Waals surface area contributed by atoms with E-state index in [1.807, 2.05) is 6.07 Å². The first kappa shape index (κ1) is 19.4. The number of rotatable bonds is 5. The summed E-state index contributed by atoms with van der Waals surface area (Å²) >= 11 is 3.31. The Kier molecular flexibility index (Phi) is 5.93. The van der Waals surface area contributed by atoms with E-state index in [1.165, 1.54) is 20.2 Å². The van der Waals surface area contributed by atoms with Crippen LogP contribution in [0.4, 0.5) is 5.82 Å². The molecular weight excluding hydrogens is 406 g/mol. The van der Waals surface area contributed by atoms with Gasteiger partial charge in [-0.3, -0.25) is 18.7 Å². The molecule has 2 rings (SSSR count). The Labute approximate surface area is 156 Å². The van der Waals surface area contributed by atoms with Crippen molar-refractivity contribution in [2.24, 2.45) is 14.1 Å². The third-order valence-electron chi connectivity index (χ3n) is 3.59. The molecule has 0 saturated heterocycles. The van der Waals surface area contributed by atoms with Gasteiger partial charge in [-0.1, -0.05) is 28.1 Å². The molecule has 0 aliphatic heterocycles. The molecule has 0 aliphatic carbocycles. The number of nitrogens with two attached hydrogens (primary N) is 1. The van der Waals surface area contributed by atoms with Gasteiger partial charge in [-0.15, -0.1) is 0 Å². The molecular formula is C17H16BrN3O5. The number of carbonyl (C=O) groups is 2. The third kappa shape index (κ3) is 4.17. The fourth-order valence-electron chi connectivity index (χ4n) is 2.15. The van der Waals surface area contributed by atoms with Gasteiger partial charge in [0.25, 0.3) is 5.56 Å². The number of ether oxygens (including phenoxy) is 1. The molecule has 0 saturated carbocycles. The molecule has 0 radical (unpaired) electrons. The molecule has 26 heavy (non-hydrogen) atoms. The lowest BCUT2D eigenvalue weighted by molar-refractivity contribution is -0.136. The molecule has 0 bridgehead atoms. The zero-order valence-electron chi connectivity index (χ0n) is 14.1. The maximum Gasteiger partial charge on any atom is 0.332 e. The van der Waals surface area contributed by atoms with Crippen LogP contribution in [0.3, 0.4) is 0 Å².